The maximum atomic E-state index is 11.3. The number of benzene rings is 1. The molecule has 0 heterocycles. The predicted octanol–water partition coefficient (Wildman–Crippen LogP) is 1.44. The average molecular weight is 320 g/mol. The highest BCUT2D eigenvalue weighted by Gasteiger charge is 2.24. The monoisotopic (exact) mass is 320 g/mol. The van der Waals surface area contributed by atoms with E-state index in [9.17, 15) is 4.79 Å². The van der Waals surface area contributed by atoms with Crippen LogP contribution in [0.25, 0.3) is 0 Å². The maximum absolute atomic E-state index is 11.3. The van der Waals surface area contributed by atoms with Crippen molar-refractivity contribution in [1.29, 1.82) is 0 Å². The van der Waals surface area contributed by atoms with Crippen molar-refractivity contribution >= 4 is 11.9 Å². The number of ether oxygens (including phenoxy) is 1. The van der Waals surface area contributed by atoms with Crippen molar-refractivity contribution in [3.05, 3.63) is 29.8 Å². The summed E-state index contributed by atoms with van der Waals surface area (Å²) in [6.07, 6.45) is 0. The van der Waals surface area contributed by atoms with E-state index in [0.29, 0.717) is 25.7 Å². The number of aliphatic imine (C=N–C) groups is 1. The summed E-state index contributed by atoms with van der Waals surface area (Å²) in [7, 11) is 0. The molecule has 0 spiro atoms. The molecule has 1 amide bonds. The van der Waals surface area contributed by atoms with Crippen molar-refractivity contribution in [2.24, 2.45) is 16.1 Å². The number of primary amides is 1. The summed E-state index contributed by atoms with van der Waals surface area (Å²) in [6.45, 7) is 9.78. The number of nitrogens with one attached hydrogen (secondary N) is 2. The van der Waals surface area contributed by atoms with Crippen molar-refractivity contribution < 1.29 is 9.53 Å². The third-order valence-electron chi connectivity index (χ3n) is 3.33. The Hall–Kier alpha value is -2.24. The summed E-state index contributed by atoms with van der Waals surface area (Å²) in [6, 6.07) is 7.93. The highest BCUT2D eigenvalue weighted by atomic mass is 16.5. The molecule has 4 N–H and O–H groups in total. The smallest absolute Gasteiger partial charge is 0.224 e. The number of aryl methyl sites for hydroxylation is 1. The Kier molecular flexibility index (Phi) is 7.38. The first kappa shape index (κ1) is 18.8. The van der Waals surface area contributed by atoms with Gasteiger partial charge in [-0.05, 0) is 39.8 Å². The van der Waals surface area contributed by atoms with Crippen LogP contribution in [0.2, 0.25) is 0 Å². The summed E-state index contributed by atoms with van der Waals surface area (Å²) in [4.78, 5) is 15.7. The second kappa shape index (κ2) is 9.02. The molecule has 1 aromatic rings. The van der Waals surface area contributed by atoms with Gasteiger partial charge in [-0.3, -0.25) is 9.79 Å². The lowest BCUT2D eigenvalue weighted by Gasteiger charge is -2.19. The molecule has 6 heteroatoms. The third-order valence-corrected chi connectivity index (χ3v) is 3.33. The minimum atomic E-state index is -0.666. The fourth-order valence-electron chi connectivity index (χ4n) is 1.67. The molecule has 23 heavy (non-hydrogen) atoms. The minimum Gasteiger partial charge on any atom is -0.492 e. The first-order chi connectivity index (χ1) is 10.8. The van der Waals surface area contributed by atoms with Gasteiger partial charge in [0.2, 0.25) is 5.91 Å². The van der Waals surface area contributed by atoms with Crippen LogP contribution in [0, 0.1) is 12.3 Å². The van der Waals surface area contributed by atoms with Crippen LogP contribution in [0.3, 0.4) is 0 Å². The van der Waals surface area contributed by atoms with E-state index in [1.54, 1.807) is 13.8 Å². The van der Waals surface area contributed by atoms with E-state index in [4.69, 9.17) is 10.5 Å². The number of carbonyl (C=O) groups excluding carboxylic acids is 1. The molecule has 0 saturated heterocycles. The number of nitrogens with two attached hydrogens (primary N) is 1. The number of nitrogens with zero attached hydrogens (tertiary/aromatic N) is 1. The Morgan fingerprint density at radius 2 is 1.91 bits per heavy atom. The number of hydrogen-bond donors (Lipinski definition) is 3. The van der Waals surface area contributed by atoms with Gasteiger partial charge in [0.25, 0.3) is 0 Å². The van der Waals surface area contributed by atoms with Crippen LogP contribution >= 0.6 is 0 Å². The maximum Gasteiger partial charge on any atom is 0.224 e. The predicted molar refractivity (Wildman–Crippen MR) is 93.6 cm³/mol. The zero-order valence-corrected chi connectivity index (χ0v) is 14.5. The van der Waals surface area contributed by atoms with Gasteiger partial charge in [-0.1, -0.05) is 17.7 Å². The van der Waals surface area contributed by atoms with E-state index in [1.807, 2.05) is 38.1 Å². The molecule has 0 aliphatic carbocycles. The minimum absolute atomic E-state index is 0.330. The van der Waals surface area contributed by atoms with Gasteiger partial charge in [-0.25, -0.2) is 0 Å². The molecule has 0 radical (unpaired) electrons. The topological polar surface area (TPSA) is 88.7 Å². The molecule has 0 aliphatic heterocycles. The lowest BCUT2D eigenvalue weighted by molar-refractivity contribution is -0.125. The van der Waals surface area contributed by atoms with Crippen LogP contribution in [-0.2, 0) is 4.79 Å². The van der Waals surface area contributed by atoms with E-state index in [-0.39, 0.29) is 5.91 Å². The third kappa shape index (κ3) is 7.04. The molecule has 128 valence electrons. The molecule has 0 aliphatic rings. The lowest BCUT2D eigenvalue weighted by atomic mass is 9.93. The van der Waals surface area contributed by atoms with Crippen molar-refractivity contribution in [2.45, 2.75) is 27.7 Å². The molecule has 6 nitrogen and oxygen atoms in total. The fraction of sp³-hybridized carbons (Fsp3) is 0.529. The summed E-state index contributed by atoms with van der Waals surface area (Å²) >= 11 is 0. The van der Waals surface area contributed by atoms with E-state index >= 15 is 0 Å². The van der Waals surface area contributed by atoms with E-state index in [2.05, 4.69) is 15.6 Å². The van der Waals surface area contributed by atoms with Crippen LogP contribution in [0.5, 0.6) is 5.75 Å². The summed E-state index contributed by atoms with van der Waals surface area (Å²) in [5.41, 5.74) is 5.90. The van der Waals surface area contributed by atoms with E-state index in [1.165, 1.54) is 5.56 Å². The highest BCUT2D eigenvalue weighted by Crippen LogP contribution is 2.14. The Bertz CT molecular complexity index is 524. The van der Waals surface area contributed by atoms with Gasteiger partial charge in [0, 0.05) is 6.54 Å². The van der Waals surface area contributed by atoms with Crippen LogP contribution in [0.15, 0.2) is 29.3 Å². The number of amides is 1. The summed E-state index contributed by atoms with van der Waals surface area (Å²) in [5, 5.41) is 6.31. The number of hydrogen-bond acceptors (Lipinski definition) is 3. The largest absolute Gasteiger partial charge is 0.492 e. The fourth-order valence-corrected chi connectivity index (χ4v) is 1.67. The van der Waals surface area contributed by atoms with Crippen molar-refractivity contribution in [1.82, 2.24) is 10.6 Å². The molecular formula is C17H28N4O2. The second-order valence-electron chi connectivity index (χ2n) is 6.03. The Morgan fingerprint density at radius 1 is 1.26 bits per heavy atom. The van der Waals surface area contributed by atoms with Gasteiger partial charge in [0.1, 0.15) is 12.4 Å². The molecule has 0 atom stereocenters. The standard InChI is InChI=1S/C17H28N4O2/c1-5-19-16(21-12-17(3,4)15(18)22)20-10-11-23-14-8-6-13(2)7-9-14/h6-9H,5,10-12H2,1-4H3,(H2,18,22)(H2,19,20,21). The van der Waals surface area contributed by atoms with Crippen molar-refractivity contribution in [3.8, 4) is 5.75 Å². The zero-order chi connectivity index (χ0) is 17.3. The summed E-state index contributed by atoms with van der Waals surface area (Å²) < 4.78 is 5.65. The molecular weight excluding hydrogens is 292 g/mol. The first-order valence-corrected chi connectivity index (χ1v) is 7.86. The zero-order valence-electron chi connectivity index (χ0n) is 14.5. The first-order valence-electron chi connectivity index (χ1n) is 7.86. The number of carbonyl (C=O) groups is 1. The van der Waals surface area contributed by atoms with Gasteiger partial charge in [0.05, 0.1) is 18.5 Å². The average Bonchev–Trinajstić information content (AvgIpc) is 2.50. The van der Waals surface area contributed by atoms with Gasteiger partial charge in [-0.15, -0.1) is 0 Å². The normalized spacial score (nSPS) is 11.9. The Morgan fingerprint density at radius 3 is 2.48 bits per heavy atom. The van der Waals surface area contributed by atoms with Crippen LogP contribution < -0.4 is 21.1 Å². The van der Waals surface area contributed by atoms with Crippen LogP contribution in [0.1, 0.15) is 26.3 Å². The quantitative estimate of drug-likeness (QED) is 0.384. The van der Waals surface area contributed by atoms with Crippen molar-refractivity contribution in [2.75, 3.05) is 26.2 Å². The van der Waals surface area contributed by atoms with Gasteiger partial charge in [0.15, 0.2) is 5.96 Å². The molecule has 0 saturated carbocycles. The van der Waals surface area contributed by atoms with Gasteiger partial charge in [-0.2, -0.15) is 0 Å². The van der Waals surface area contributed by atoms with Crippen LogP contribution in [-0.4, -0.2) is 38.1 Å². The molecule has 0 aromatic heterocycles. The van der Waals surface area contributed by atoms with Crippen molar-refractivity contribution in [3.63, 3.8) is 0 Å². The van der Waals surface area contributed by atoms with E-state index < -0.39 is 5.41 Å². The molecule has 0 bridgehead atoms. The number of rotatable bonds is 8. The molecule has 1 aromatic carbocycles. The van der Waals surface area contributed by atoms with Crippen LogP contribution in [0.4, 0.5) is 0 Å². The Balaban J connectivity index is 2.43. The van der Waals surface area contributed by atoms with Gasteiger partial charge >= 0.3 is 0 Å². The molecule has 0 unspecified atom stereocenters. The van der Waals surface area contributed by atoms with Gasteiger partial charge < -0.3 is 21.1 Å². The number of guanidine groups is 1. The highest BCUT2D eigenvalue weighted by molar-refractivity contribution is 5.82. The molecule has 1 rings (SSSR count). The SMILES string of the molecule is CCNC(=NCC(C)(C)C(N)=O)NCCOc1ccc(C)cc1. The molecule has 0 fully saturated rings. The lowest BCUT2D eigenvalue weighted by Crippen LogP contribution is -2.41. The summed E-state index contributed by atoms with van der Waals surface area (Å²) in [5.74, 6) is 1.13. The second-order valence-corrected chi connectivity index (χ2v) is 6.03. The Labute approximate surface area is 138 Å². The van der Waals surface area contributed by atoms with E-state index in [0.717, 1.165) is 12.3 Å².